The molecule has 0 bridgehead atoms. The van der Waals surface area contributed by atoms with E-state index in [-0.39, 0.29) is 0 Å². The molecule has 1 aromatic rings. The van der Waals surface area contributed by atoms with Crippen LogP contribution in [0.4, 0.5) is 0 Å². The molecule has 19 heavy (non-hydrogen) atoms. The Hall–Kier alpha value is -1.09. The standard InChI is InChI=1S/C16H21BrO2/c1-13(17)5-3-4-6-15(18)10-7-14-8-11-16(19-2)12-9-14/h8-9,11-12H,1,3-7,10H2,2H3. The molecule has 0 atom stereocenters. The zero-order chi connectivity index (χ0) is 14.1. The number of Topliss-reactive ketones (excluding diaryl/α,β-unsaturated/α-hetero) is 1. The third-order valence-corrected chi connectivity index (χ3v) is 3.40. The largest absolute Gasteiger partial charge is 0.497 e. The SMILES string of the molecule is C=C(Br)CCCCC(=O)CCc1ccc(OC)cc1. The number of carbonyl (C=O) groups excluding carboxylic acids is 1. The van der Waals surface area contributed by atoms with Crippen molar-refractivity contribution in [1.29, 1.82) is 0 Å². The van der Waals surface area contributed by atoms with Gasteiger partial charge in [-0.05, 0) is 47.9 Å². The number of hydrogen-bond donors (Lipinski definition) is 0. The molecule has 1 rings (SSSR count). The molecule has 0 radical (unpaired) electrons. The molecule has 0 saturated carbocycles. The highest BCUT2D eigenvalue weighted by molar-refractivity contribution is 9.11. The normalized spacial score (nSPS) is 10.2. The number of allylic oxidation sites excluding steroid dienone is 1. The number of ether oxygens (including phenoxy) is 1. The van der Waals surface area contributed by atoms with Gasteiger partial charge in [0.15, 0.2) is 0 Å². The van der Waals surface area contributed by atoms with Crippen LogP contribution >= 0.6 is 15.9 Å². The molecule has 0 aromatic heterocycles. The molecule has 0 unspecified atom stereocenters. The van der Waals surface area contributed by atoms with Gasteiger partial charge in [0.05, 0.1) is 7.11 Å². The van der Waals surface area contributed by atoms with Gasteiger partial charge in [-0.2, -0.15) is 0 Å². The summed E-state index contributed by atoms with van der Waals surface area (Å²) < 4.78 is 6.11. The molecule has 104 valence electrons. The first kappa shape index (κ1) is 16.0. The van der Waals surface area contributed by atoms with Gasteiger partial charge < -0.3 is 4.74 Å². The number of halogens is 1. The monoisotopic (exact) mass is 324 g/mol. The number of rotatable bonds is 9. The van der Waals surface area contributed by atoms with Gasteiger partial charge in [-0.25, -0.2) is 0 Å². The van der Waals surface area contributed by atoms with E-state index in [4.69, 9.17) is 4.74 Å². The minimum Gasteiger partial charge on any atom is -0.497 e. The van der Waals surface area contributed by atoms with Crippen LogP contribution in [0.15, 0.2) is 35.3 Å². The van der Waals surface area contributed by atoms with Crippen molar-refractivity contribution < 1.29 is 9.53 Å². The molecule has 3 heteroatoms. The molecule has 0 aliphatic heterocycles. The molecular weight excluding hydrogens is 304 g/mol. The van der Waals surface area contributed by atoms with Gasteiger partial charge >= 0.3 is 0 Å². The fourth-order valence-corrected chi connectivity index (χ4v) is 2.12. The molecule has 1 aromatic carbocycles. The average Bonchev–Trinajstić information content (AvgIpc) is 2.41. The van der Waals surface area contributed by atoms with Crippen molar-refractivity contribution in [3.8, 4) is 5.75 Å². The number of aryl methyl sites for hydroxylation is 1. The lowest BCUT2D eigenvalue weighted by Crippen LogP contribution is -2.00. The van der Waals surface area contributed by atoms with Gasteiger partial charge in [0.2, 0.25) is 0 Å². The summed E-state index contributed by atoms with van der Waals surface area (Å²) in [7, 11) is 1.65. The first-order valence-corrected chi connectivity index (χ1v) is 7.39. The van der Waals surface area contributed by atoms with Crippen LogP contribution in [0.1, 0.15) is 37.7 Å². The molecule has 0 N–H and O–H groups in total. The maximum atomic E-state index is 11.7. The summed E-state index contributed by atoms with van der Waals surface area (Å²) in [4.78, 5) is 11.7. The van der Waals surface area contributed by atoms with Gasteiger partial charge in [-0.3, -0.25) is 4.79 Å². The summed E-state index contributed by atoms with van der Waals surface area (Å²) in [5, 5.41) is 0. The van der Waals surface area contributed by atoms with Crippen LogP contribution in [0.2, 0.25) is 0 Å². The van der Waals surface area contributed by atoms with Gasteiger partial charge in [0, 0.05) is 12.8 Å². The average molecular weight is 325 g/mol. The molecule has 0 saturated heterocycles. The van der Waals surface area contributed by atoms with Gasteiger partial charge in [-0.15, -0.1) is 0 Å². The number of methoxy groups -OCH3 is 1. The molecule has 0 fully saturated rings. The summed E-state index contributed by atoms with van der Waals surface area (Å²) in [6.07, 6.45) is 5.04. The lowest BCUT2D eigenvalue weighted by Gasteiger charge is -2.04. The molecule has 0 aliphatic rings. The van der Waals surface area contributed by atoms with E-state index < -0.39 is 0 Å². The number of carbonyl (C=O) groups is 1. The Morgan fingerprint density at radius 3 is 2.37 bits per heavy atom. The van der Waals surface area contributed by atoms with E-state index in [1.165, 1.54) is 5.56 Å². The molecule has 0 aliphatic carbocycles. The van der Waals surface area contributed by atoms with E-state index >= 15 is 0 Å². The van der Waals surface area contributed by atoms with Crippen LogP contribution in [-0.2, 0) is 11.2 Å². The number of ketones is 1. The first-order chi connectivity index (χ1) is 9.11. The Balaban J connectivity index is 2.20. The highest BCUT2D eigenvalue weighted by atomic mass is 79.9. The van der Waals surface area contributed by atoms with E-state index in [1.807, 2.05) is 24.3 Å². The zero-order valence-corrected chi connectivity index (χ0v) is 13.0. The Kier molecular flexibility index (Phi) is 7.49. The Morgan fingerprint density at radius 2 is 1.79 bits per heavy atom. The van der Waals surface area contributed by atoms with Crippen LogP contribution in [-0.4, -0.2) is 12.9 Å². The predicted molar refractivity (Wildman–Crippen MR) is 82.9 cm³/mol. The van der Waals surface area contributed by atoms with Crippen molar-refractivity contribution >= 4 is 21.7 Å². The van der Waals surface area contributed by atoms with Crippen molar-refractivity contribution in [2.24, 2.45) is 0 Å². The minimum absolute atomic E-state index is 0.344. The quantitative estimate of drug-likeness (QED) is 0.617. The van der Waals surface area contributed by atoms with Crippen molar-refractivity contribution in [3.05, 3.63) is 40.9 Å². The Morgan fingerprint density at radius 1 is 1.16 bits per heavy atom. The second kappa shape index (κ2) is 8.92. The van der Waals surface area contributed by atoms with Gasteiger partial charge in [0.1, 0.15) is 11.5 Å². The van der Waals surface area contributed by atoms with Crippen LogP contribution in [0.3, 0.4) is 0 Å². The third-order valence-electron chi connectivity index (χ3n) is 3.01. The van der Waals surface area contributed by atoms with E-state index in [1.54, 1.807) is 7.11 Å². The third kappa shape index (κ3) is 7.16. The second-order valence-electron chi connectivity index (χ2n) is 4.61. The van der Waals surface area contributed by atoms with E-state index in [0.29, 0.717) is 18.6 Å². The van der Waals surface area contributed by atoms with E-state index in [0.717, 1.165) is 35.9 Å². The topological polar surface area (TPSA) is 26.3 Å². The summed E-state index contributed by atoms with van der Waals surface area (Å²) >= 11 is 3.33. The second-order valence-corrected chi connectivity index (χ2v) is 5.73. The molecule has 0 heterocycles. The zero-order valence-electron chi connectivity index (χ0n) is 11.5. The van der Waals surface area contributed by atoms with Crippen molar-refractivity contribution in [3.63, 3.8) is 0 Å². The lowest BCUT2D eigenvalue weighted by atomic mass is 10.0. The Bertz CT molecular complexity index is 409. The highest BCUT2D eigenvalue weighted by Gasteiger charge is 2.03. The van der Waals surface area contributed by atoms with Crippen LogP contribution in [0, 0.1) is 0 Å². The molecule has 0 spiro atoms. The van der Waals surface area contributed by atoms with Gasteiger partial charge in [0.25, 0.3) is 0 Å². The lowest BCUT2D eigenvalue weighted by molar-refractivity contribution is -0.119. The first-order valence-electron chi connectivity index (χ1n) is 6.59. The van der Waals surface area contributed by atoms with Crippen LogP contribution < -0.4 is 4.74 Å². The van der Waals surface area contributed by atoms with Crippen molar-refractivity contribution in [2.45, 2.75) is 38.5 Å². The van der Waals surface area contributed by atoms with Gasteiger partial charge in [-0.1, -0.05) is 34.6 Å². The predicted octanol–water partition coefficient (Wildman–Crippen LogP) is 4.67. The van der Waals surface area contributed by atoms with Crippen molar-refractivity contribution in [2.75, 3.05) is 7.11 Å². The van der Waals surface area contributed by atoms with E-state index in [2.05, 4.69) is 22.5 Å². The molecule has 0 amide bonds. The maximum Gasteiger partial charge on any atom is 0.133 e. The van der Waals surface area contributed by atoms with Crippen molar-refractivity contribution in [1.82, 2.24) is 0 Å². The summed E-state index contributed by atoms with van der Waals surface area (Å²) in [5.41, 5.74) is 1.18. The van der Waals surface area contributed by atoms with Crippen LogP contribution in [0.25, 0.3) is 0 Å². The van der Waals surface area contributed by atoms with E-state index in [9.17, 15) is 4.79 Å². The summed E-state index contributed by atoms with van der Waals surface area (Å²) in [6.45, 7) is 3.78. The number of benzene rings is 1. The fourth-order valence-electron chi connectivity index (χ4n) is 1.84. The number of unbranched alkanes of at least 4 members (excludes halogenated alkanes) is 1. The summed E-state index contributed by atoms with van der Waals surface area (Å²) in [6, 6.07) is 7.89. The minimum atomic E-state index is 0.344. The van der Waals surface area contributed by atoms with Crippen LogP contribution in [0.5, 0.6) is 5.75 Å². The molecule has 2 nitrogen and oxygen atoms in total. The fraction of sp³-hybridized carbons (Fsp3) is 0.438. The number of hydrogen-bond acceptors (Lipinski definition) is 2. The molecular formula is C16H21BrO2. The Labute approximate surface area is 124 Å². The summed E-state index contributed by atoms with van der Waals surface area (Å²) in [5.74, 6) is 1.20. The maximum absolute atomic E-state index is 11.7. The smallest absolute Gasteiger partial charge is 0.133 e. The highest BCUT2D eigenvalue weighted by Crippen LogP contribution is 2.15.